The fourth-order valence-electron chi connectivity index (χ4n) is 2.19. The number of pyridine rings is 1. The van der Waals surface area contributed by atoms with Crippen molar-refractivity contribution < 1.29 is 0 Å². The van der Waals surface area contributed by atoms with Gasteiger partial charge in [0.1, 0.15) is 11.6 Å². The van der Waals surface area contributed by atoms with E-state index < -0.39 is 0 Å². The normalized spacial score (nSPS) is 16.9. The van der Waals surface area contributed by atoms with Gasteiger partial charge in [-0.2, -0.15) is 0 Å². The van der Waals surface area contributed by atoms with Crippen molar-refractivity contribution in [2.45, 2.75) is 32.1 Å². The second-order valence-electron chi connectivity index (χ2n) is 4.44. The number of imidazole rings is 1. The highest BCUT2D eigenvalue weighted by Crippen LogP contribution is 2.36. The van der Waals surface area contributed by atoms with E-state index >= 15 is 0 Å². The molecule has 1 aliphatic carbocycles. The minimum absolute atomic E-state index is 0.622. The van der Waals surface area contributed by atoms with Gasteiger partial charge in [-0.25, -0.2) is 4.98 Å². The third kappa shape index (κ3) is 1.23. The van der Waals surface area contributed by atoms with E-state index in [-0.39, 0.29) is 0 Å². The maximum atomic E-state index is 5.91. The Balaban J connectivity index is 2.24. The lowest BCUT2D eigenvalue weighted by atomic mass is 9.85. The second kappa shape index (κ2) is 2.99. The van der Waals surface area contributed by atoms with Crippen LogP contribution in [0.2, 0.25) is 0 Å². The molecule has 3 heteroatoms. The molecule has 0 spiro atoms. The van der Waals surface area contributed by atoms with Crippen LogP contribution in [-0.2, 0) is 0 Å². The van der Waals surface area contributed by atoms with Crippen LogP contribution in [0.5, 0.6) is 0 Å². The first-order valence-corrected chi connectivity index (χ1v) is 5.50. The van der Waals surface area contributed by atoms with Crippen molar-refractivity contribution in [1.29, 1.82) is 0 Å². The van der Waals surface area contributed by atoms with E-state index in [0.29, 0.717) is 11.7 Å². The fourth-order valence-corrected chi connectivity index (χ4v) is 2.19. The van der Waals surface area contributed by atoms with E-state index in [1.807, 2.05) is 0 Å². The van der Waals surface area contributed by atoms with Crippen LogP contribution >= 0.6 is 0 Å². The molecule has 2 N–H and O–H groups in total. The molecule has 2 heterocycles. The van der Waals surface area contributed by atoms with Crippen LogP contribution in [0.1, 0.15) is 36.6 Å². The SMILES string of the molecule is Cc1ccc2c(N)nc(C3CCC3)n2c1. The number of nitrogens with two attached hydrogens (primary N) is 1. The number of anilines is 1. The second-order valence-corrected chi connectivity index (χ2v) is 4.44. The van der Waals surface area contributed by atoms with Crippen molar-refractivity contribution in [1.82, 2.24) is 9.38 Å². The summed E-state index contributed by atoms with van der Waals surface area (Å²) in [6.07, 6.45) is 5.97. The maximum absolute atomic E-state index is 5.91. The third-order valence-electron chi connectivity index (χ3n) is 3.31. The van der Waals surface area contributed by atoms with Crippen molar-refractivity contribution >= 4 is 11.3 Å². The number of aromatic nitrogens is 2. The van der Waals surface area contributed by atoms with Gasteiger partial charge in [-0.1, -0.05) is 12.5 Å². The van der Waals surface area contributed by atoms with Crippen molar-refractivity contribution in [3.8, 4) is 0 Å². The number of aryl methyl sites for hydroxylation is 1. The van der Waals surface area contributed by atoms with E-state index in [2.05, 4.69) is 34.6 Å². The lowest BCUT2D eigenvalue weighted by Gasteiger charge is -2.23. The molecule has 2 aromatic rings. The van der Waals surface area contributed by atoms with Gasteiger partial charge < -0.3 is 10.1 Å². The Labute approximate surface area is 88.9 Å². The molecule has 2 aromatic heterocycles. The zero-order valence-electron chi connectivity index (χ0n) is 8.90. The number of hydrogen-bond donors (Lipinski definition) is 1. The molecular weight excluding hydrogens is 186 g/mol. The molecule has 0 radical (unpaired) electrons. The molecule has 1 fully saturated rings. The lowest BCUT2D eigenvalue weighted by molar-refractivity contribution is 0.400. The van der Waals surface area contributed by atoms with Gasteiger partial charge in [0.25, 0.3) is 0 Å². The lowest BCUT2D eigenvalue weighted by Crippen LogP contribution is -2.12. The summed E-state index contributed by atoms with van der Waals surface area (Å²) in [7, 11) is 0. The van der Waals surface area contributed by atoms with E-state index in [1.54, 1.807) is 0 Å². The summed E-state index contributed by atoms with van der Waals surface area (Å²) in [6, 6.07) is 4.14. The minimum Gasteiger partial charge on any atom is -0.382 e. The number of hydrogen-bond acceptors (Lipinski definition) is 2. The molecule has 0 unspecified atom stereocenters. The zero-order valence-corrected chi connectivity index (χ0v) is 8.90. The Hall–Kier alpha value is -1.51. The Morgan fingerprint density at radius 2 is 2.20 bits per heavy atom. The molecule has 78 valence electrons. The highest BCUT2D eigenvalue weighted by atomic mass is 15.1. The van der Waals surface area contributed by atoms with Crippen LogP contribution in [0, 0.1) is 6.92 Å². The van der Waals surface area contributed by atoms with Crippen LogP contribution in [0.4, 0.5) is 5.82 Å². The summed E-state index contributed by atoms with van der Waals surface area (Å²) in [4.78, 5) is 4.49. The van der Waals surface area contributed by atoms with E-state index in [0.717, 1.165) is 11.3 Å². The number of nitrogens with zero attached hydrogens (tertiary/aromatic N) is 2. The Bertz CT molecular complexity index is 509. The van der Waals surface area contributed by atoms with E-state index in [9.17, 15) is 0 Å². The van der Waals surface area contributed by atoms with Crippen molar-refractivity contribution in [3.63, 3.8) is 0 Å². The summed E-state index contributed by atoms with van der Waals surface area (Å²) in [5.74, 6) is 2.44. The predicted octanol–water partition coefficient (Wildman–Crippen LogP) is 2.49. The molecule has 0 aliphatic heterocycles. The molecular formula is C12H15N3. The van der Waals surface area contributed by atoms with Crippen LogP contribution in [0.25, 0.3) is 5.52 Å². The number of nitrogen functional groups attached to an aromatic ring is 1. The van der Waals surface area contributed by atoms with Crippen LogP contribution in [-0.4, -0.2) is 9.38 Å². The quantitative estimate of drug-likeness (QED) is 0.770. The smallest absolute Gasteiger partial charge is 0.149 e. The Morgan fingerprint density at radius 1 is 1.40 bits per heavy atom. The van der Waals surface area contributed by atoms with Crippen LogP contribution < -0.4 is 5.73 Å². The van der Waals surface area contributed by atoms with Gasteiger partial charge in [0.05, 0.1) is 5.52 Å². The van der Waals surface area contributed by atoms with Crippen LogP contribution in [0.3, 0.4) is 0 Å². The molecule has 0 atom stereocenters. The largest absolute Gasteiger partial charge is 0.382 e. The topological polar surface area (TPSA) is 43.3 Å². The fraction of sp³-hybridized carbons (Fsp3) is 0.417. The van der Waals surface area contributed by atoms with Crippen LogP contribution in [0.15, 0.2) is 18.3 Å². The molecule has 15 heavy (non-hydrogen) atoms. The molecule has 0 amide bonds. The molecule has 0 aromatic carbocycles. The molecule has 3 rings (SSSR count). The van der Waals surface area contributed by atoms with Crippen molar-refractivity contribution in [3.05, 3.63) is 29.7 Å². The first kappa shape index (κ1) is 8.77. The van der Waals surface area contributed by atoms with Gasteiger partial charge in [-0.05, 0) is 31.4 Å². The summed E-state index contributed by atoms with van der Waals surface area (Å²) in [5, 5.41) is 0. The predicted molar refractivity (Wildman–Crippen MR) is 60.9 cm³/mol. The number of rotatable bonds is 1. The highest BCUT2D eigenvalue weighted by Gasteiger charge is 2.24. The molecule has 0 bridgehead atoms. The van der Waals surface area contributed by atoms with E-state index in [4.69, 9.17) is 5.73 Å². The van der Waals surface area contributed by atoms with Gasteiger partial charge in [-0.15, -0.1) is 0 Å². The average Bonchev–Trinajstić information content (AvgIpc) is 2.41. The molecule has 0 saturated heterocycles. The van der Waals surface area contributed by atoms with E-state index in [1.165, 1.54) is 24.8 Å². The van der Waals surface area contributed by atoms with Gasteiger partial charge >= 0.3 is 0 Å². The van der Waals surface area contributed by atoms with Gasteiger partial charge in [0.2, 0.25) is 0 Å². The summed E-state index contributed by atoms with van der Waals surface area (Å²) in [5.41, 5.74) is 8.21. The average molecular weight is 201 g/mol. The summed E-state index contributed by atoms with van der Waals surface area (Å²) >= 11 is 0. The molecule has 1 saturated carbocycles. The Morgan fingerprint density at radius 3 is 2.87 bits per heavy atom. The van der Waals surface area contributed by atoms with Crippen molar-refractivity contribution in [2.75, 3.05) is 5.73 Å². The third-order valence-corrected chi connectivity index (χ3v) is 3.31. The van der Waals surface area contributed by atoms with Gasteiger partial charge in [0.15, 0.2) is 0 Å². The first-order chi connectivity index (χ1) is 7.25. The highest BCUT2D eigenvalue weighted by molar-refractivity contribution is 5.67. The molecule has 3 nitrogen and oxygen atoms in total. The summed E-state index contributed by atoms with van der Waals surface area (Å²) in [6.45, 7) is 2.10. The van der Waals surface area contributed by atoms with Gasteiger partial charge in [0, 0.05) is 12.1 Å². The van der Waals surface area contributed by atoms with Gasteiger partial charge in [-0.3, -0.25) is 0 Å². The first-order valence-electron chi connectivity index (χ1n) is 5.50. The monoisotopic (exact) mass is 201 g/mol. The summed E-state index contributed by atoms with van der Waals surface area (Å²) < 4.78 is 2.16. The molecule has 1 aliphatic rings. The number of fused-ring (bicyclic) bond motifs is 1. The Kier molecular flexibility index (Phi) is 1.75. The zero-order chi connectivity index (χ0) is 10.4. The maximum Gasteiger partial charge on any atom is 0.149 e. The minimum atomic E-state index is 0.622. The standard InChI is InChI=1S/C12H15N3/c1-8-5-6-10-11(13)14-12(15(10)7-8)9-3-2-4-9/h5-7,9H,2-4,13H2,1H3. The van der Waals surface area contributed by atoms with Crippen molar-refractivity contribution in [2.24, 2.45) is 0 Å².